The molecular formula is C32H29NO5. The fourth-order valence-corrected chi connectivity index (χ4v) is 4.25. The van der Waals surface area contributed by atoms with Crippen LogP contribution in [-0.2, 0) is 11.2 Å². The summed E-state index contributed by atoms with van der Waals surface area (Å²) in [6, 6.07) is 29.6. The molecule has 6 heteroatoms. The second-order valence-electron chi connectivity index (χ2n) is 9.59. The van der Waals surface area contributed by atoms with Crippen molar-refractivity contribution in [2.45, 2.75) is 32.8 Å². The standard InChI is InChI=1S/C32H29NO5/c1-21-27(33-30(37-21)24-15-13-23(14-16-24)22-9-5-4-6-10-22)19-20-36-28-17-18-29(38-32(2,3)31(34)35)26-12-8-7-11-25(26)28/h4-18H,19-20H2,1-3H3,(H,34,35). The maximum Gasteiger partial charge on any atom is 0.347 e. The molecule has 0 unspecified atom stereocenters. The summed E-state index contributed by atoms with van der Waals surface area (Å²) in [5.41, 5.74) is 2.72. The van der Waals surface area contributed by atoms with Crippen LogP contribution in [0.5, 0.6) is 11.5 Å². The Kier molecular flexibility index (Phi) is 6.88. The van der Waals surface area contributed by atoms with Gasteiger partial charge in [-0.1, -0.05) is 66.7 Å². The molecule has 38 heavy (non-hydrogen) atoms. The van der Waals surface area contributed by atoms with Crippen molar-refractivity contribution in [2.24, 2.45) is 0 Å². The van der Waals surface area contributed by atoms with E-state index in [1.54, 1.807) is 6.07 Å². The van der Waals surface area contributed by atoms with Gasteiger partial charge in [0.1, 0.15) is 17.3 Å². The van der Waals surface area contributed by atoms with Crippen LogP contribution in [0.4, 0.5) is 0 Å². The van der Waals surface area contributed by atoms with E-state index in [0.29, 0.717) is 30.4 Å². The molecule has 0 bridgehead atoms. The Morgan fingerprint density at radius 2 is 1.39 bits per heavy atom. The molecule has 0 atom stereocenters. The summed E-state index contributed by atoms with van der Waals surface area (Å²) in [5.74, 6) is 1.51. The van der Waals surface area contributed by atoms with Gasteiger partial charge in [0.2, 0.25) is 5.89 Å². The van der Waals surface area contributed by atoms with Crippen LogP contribution in [0.25, 0.3) is 33.4 Å². The number of oxazole rings is 1. The molecule has 0 radical (unpaired) electrons. The number of fused-ring (bicyclic) bond motifs is 1. The Bertz CT molecular complexity index is 1570. The average molecular weight is 508 g/mol. The quantitative estimate of drug-likeness (QED) is 0.225. The van der Waals surface area contributed by atoms with E-state index in [1.807, 2.05) is 67.6 Å². The number of aliphatic carboxylic acids is 1. The molecule has 192 valence electrons. The minimum Gasteiger partial charge on any atom is -0.493 e. The van der Waals surface area contributed by atoms with E-state index in [4.69, 9.17) is 18.9 Å². The molecule has 0 aliphatic rings. The monoisotopic (exact) mass is 507 g/mol. The maximum absolute atomic E-state index is 11.5. The Balaban J connectivity index is 1.28. The Hall–Kier alpha value is -4.58. The summed E-state index contributed by atoms with van der Waals surface area (Å²) in [4.78, 5) is 16.3. The number of hydrogen-bond donors (Lipinski definition) is 1. The lowest BCUT2D eigenvalue weighted by molar-refractivity contribution is -0.152. The molecule has 6 nitrogen and oxygen atoms in total. The third kappa shape index (κ3) is 5.25. The van der Waals surface area contributed by atoms with Crippen LogP contribution in [0.15, 0.2) is 95.4 Å². The van der Waals surface area contributed by atoms with Gasteiger partial charge in [0.25, 0.3) is 0 Å². The summed E-state index contributed by atoms with van der Waals surface area (Å²) in [5, 5.41) is 11.1. The molecule has 0 aliphatic carbocycles. The van der Waals surface area contributed by atoms with E-state index < -0.39 is 11.6 Å². The van der Waals surface area contributed by atoms with Crippen molar-refractivity contribution >= 4 is 16.7 Å². The van der Waals surface area contributed by atoms with E-state index in [1.165, 1.54) is 13.8 Å². The lowest BCUT2D eigenvalue weighted by Crippen LogP contribution is -2.37. The smallest absolute Gasteiger partial charge is 0.347 e. The van der Waals surface area contributed by atoms with Crippen LogP contribution >= 0.6 is 0 Å². The van der Waals surface area contributed by atoms with Gasteiger partial charge in [-0.05, 0) is 56.2 Å². The summed E-state index contributed by atoms with van der Waals surface area (Å²) < 4.78 is 17.9. The predicted molar refractivity (Wildman–Crippen MR) is 148 cm³/mol. The Labute approximate surface area is 221 Å². The predicted octanol–water partition coefficient (Wildman–Crippen LogP) is 7.33. The van der Waals surface area contributed by atoms with Crippen molar-refractivity contribution in [3.63, 3.8) is 0 Å². The van der Waals surface area contributed by atoms with Gasteiger partial charge in [-0.25, -0.2) is 9.78 Å². The molecule has 5 rings (SSSR count). The Morgan fingerprint density at radius 1 is 0.816 bits per heavy atom. The summed E-state index contributed by atoms with van der Waals surface area (Å²) in [6.07, 6.45) is 0.579. The first-order valence-electron chi connectivity index (χ1n) is 12.5. The number of rotatable bonds is 9. The number of aryl methyl sites for hydroxylation is 1. The Morgan fingerprint density at radius 3 is 2.08 bits per heavy atom. The van der Waals surface area contributed by atoms with Crippen LogP contribution in [0.2, 0.25) is 0 Å². The number of carboxylic acid groups (broad SMARTS) is 1. The molecule has 0 amide bonds. The number of ether oxygens (including phenoxy) is 2. The molecule has 1 N–H and O–H groups in total. The summed E-state index contributed by atoms with van der Waals surface area (Å²) >= 11 is 0. The van der Waals surface area contributed by atoms with Crippen molar-refractivity contribution in [1.82, 2.24) is 4.98 Å². The van der Waals surface area contributed by atoms with Crippen LogP contribution < -0.4 is 9.47 Å². The average Bonchev–Trinajstić information content (AvgIpc) is 3.30. The van der Waals surface area contributed by atoms with Crippen LogP contribution in [0.1, 0.15) is 25.3 Å². The molecule has 0 saturated carbocycles. The number of hydrogen-bond acceptors (Lipinski definition) is 5. The summed E-state index contributed by atoms with van der Waals surface area (Å²) in [7, 11) is 0. The molecular weight excluding hydrogens is 478 g/mol. The second kappa shape index (κ2) is 10.4. The van der Waals surface area contributed by atoms with Crippen LogP contribution in [0.3, 0.4) is 0 Å². The third-order valence-corrected chi connectivity index (χ3v) is 6.45. The van der Waals surface area contributed by atoms with Gasteiger partial charge in [-0.15, -0.1) is 0 Å². The highest BCUT2D eigenvalue weighted by Gasteiger charge is 2.30. The van der Waals surface area contributed by atoms with Gasteiger partial charge in [0.05, 0.1) is 12.3 Å². The second-order valence-corrected chi connectivity index (χ2v) is 9.59. The van der Waals surface area contributed by atoms with E-state index in [2.05, 4.69) is 24.3 Å². The number of aromatic nitrogens is 1. The fourth-order valence-electron chi connectivity index (χ4n) is 4.25. The maximum atomic E-state index is 11.5. The molecule has 4 aromatic carbocycles. The fraction of sp³-hybridized carbons (Fsp3) is 0.188. The highest BCUT2D eigenvalue weighted by atomic mass is 16.5. The number of carbonyl (C=O) groups is 1. The van der Waals surface area contributed by atoms with Crippen molar-refractivity contribution < 1.29 is 23.8 Å². The normalized spacial score (nSPS) is 11.4. The van der Waals surface area contributed by atoms with Crippen molar-refractivity contribution in [3.05, 3.63) is 102 Å². The first-order valence-corrected chi connectivity index (χ1v) is 12.5. The molecule has 0 fully saturated rings. The van der Waals surface area contributed by atoms with Gasteiger partial charge < -0.3 is 19.0 Å². The minimum atomic E-state index is -1.35. The summed E-state index contributed by atoms with van der Waals surface area (Å²) in [6.45, 7) is 5.38. The number of carboxylic acids is 1. The van der Waals surface area contributed by atoms with Gasteiger partial charge in [0.15, 0.2) is 5.60 Å². The zero-order valence-electron chi connectivity index (χ0n) is 21.6. The van der Waals surface area contributed by atoms with Gasteiger partial charge in [-0.3, -0.25) is 0 Å². The molecule has 5 aromatic rings. The molecule has 0 saturated heterocycles. The zero-order chi connectivity index (χ0) is 26.7. The van der Waals surface area contributed by atoms with Crippen molar-refractivity contribution in [3.8, 4) is 34.1 Å². The number of benzene rings is 4. The van der Waals surface area contributed by atoms with Crippen LogP contribution in [0, 0.1) is 6.92 Å². The van der Waals surface area contributed by atoms with Gasteiger partial charge >= 0.3 is 5.97 Å². The highest BCUT2D eigenvalue weighted by Crippen LogP contribution is 2.35. The first-order chi connectivity index (χ1) is 18.3. The molecule has 0 aliphatic heterocycles. The molecule has 1 heterocycles. The van der Waals surface area contributed by atoms with E-state index in [0.717, 1.165) is 38.9 Å². The number of nitrogens with zero attached hydrogens (tertiary/aromatic N) is 1. The van der Waals surface area contributed by atoms with Crippen molar-refractivity contribution in [1.29, 1.82) is 0 Å². The largest absolute Gasteiger partial charge is 0.493 e. The SMILES string of the molecule is Cc1oc(-c2ccc(-c3ccccc3)cc2)nc1CCOc1ccc(OC(C)(C)C(=O)O)c2ccccc12. The minimum absolute atomic E-state index is 0.407. The molecule has 1 aromatic heterocycles. The lowest BCUT2D eigenvalue weighted by atomic mass is 10.0. The van der Waals surface area contributed by atoms with Crippen molar-refractivity contribution in [2.75, 3.05) is 6.61 Å². The molecule has 0 spiro atoms. The van der Waals surface area contributed by atoms with E-state index in [9.17, 15) is 9.90 Å². The first kappa shape index (κ1) is 25.1. The topological polar surface area (TPSA) is 81.8 Å². The highest BCUT2D eigenvalue weighted by molar-refractivity contribution is 5.93. The third-order valence-electron chi connectivity index (χ3n) is 6.45. The lowest BCUT2D eigenvalue weighted by Gasteiger charge is -2.23. The van der Waals surface area contributed by atoms with Gasteiger partial charge in [0, 0.05) is 22.8 Å². The van der Waals surface area contributed by atoms with E-state index in [-0.39, 0.29) is 0 Å². The van der Waals surface area contributed by atoms with Crippen LogP contribution in [-0.4, -0.2) is 28.3 Å². The van der Waals surface area contributed by atoms with Gasteiger partial charge in [-0.2, -0.15) is 0 Å². The van der Waals surface area contributed by atoms with E-state index >= 15 is 0 Å². The zero-order valence-corrected chi connectivity index (χ0v) is 21.6.